The van der Waals surface area contributed by atoms with Crippen LogP contribution >= 0.6 is 39.9 Å². The molecule has 2 aromatic heterocycles. The first-order chi connectivity index (χ1) is 12.5. The van der Waals surface area contributed by atoms with E-state index in [0.717, 1.165) is 51.6 Å². The monoisotopic (exact) mass is 517 g/mol. The Balaban J connectivity index is 0.00000140. The minimum Gasteiger partial charge on any atom is -0.344 e. The van der Waals surface area contributed by atoms with Crippen LogP contribution in [0.1, 0.15) is 11.3 Å². The van der Waals surface area contributed by atoms with Gasteiger partial charge in [-0.2, -0.15) is 0 Å². The van der Waals surface area contributed by atoms with Gasteiger partial charge in [0.2, 0.25) is 0 Å². The van der Waals surface area contributed by atoms with Crippen LogP contribution in [0.4, 0.5) is 0 Å². The summed E-state index contributed by atoms with van der Waals surface area (Å²) in [7, 11) is 0. The Hall–Kier alpha value is -1.46. The summed E-state index contributed by atoms with van der Waals surface area (Å²) in [6.07, 6.45) is 0. The Labute approximate surface area is 189 Å². The molecule has 0 aliphatic heterocycles. The van der Waals surface area contributed by atoms with Gasteiger partial charge in [0.15, 0.2) is 0 Å². The van der Waals surface area contributed by atoms with E-state index < -0.39 is 0 Å². The van der Waals surface area contributed by atoms with Crippen LogP contribution < -0.4 is 10.6 Å². The molecule has 0 bridgehead atoms. The van der Waals surface area contributed by atoms with Crippen LogP contribution in [0.15, 0.2) is 65.8 Å². The number of halogens is 3. The second-order valence-electron chi connectivity index (χ2n) is 5.88. The summed E-state index contributed by atoms with van der Waals surface area (Å²) in [4.78, 5) is 9.49. The zero-order valence-corrected chi connectivity index (χ0v) is 19.3. The van der Waals surface area contributed by atoms with Crippen LogP contribution in [-0.4, -0.2) is 9.97 Å². The fourth-order valence-electron chi connectivity index (χ4n) is 2.76. The largest absolute Gasteiger partial charge is 0.344 e. The molecule has 0 radical (unpaired) electrons. The topological polar surface area (TPSA) is 60.8 Å². The molecule has 0 unspecified atom stereocenters. The van der Waals surface area contributed by atoms with E-state index in [1.165, 1.54) is 0 Å². The molecule has 28 heavy (non-hydrogen) atoms. The van der Waals surface area contributed by atoms with E-state index in [0.29, 0.717) is 15.0 Å². The molecule has 0 amide bonds. The number of fused-ring (bicyclic) bond motifs is 3. The first-order valence-electron chi connectivity index (χ1n) is 7.96. The summed E-state index contributed by atoms with van der Waals surface area (Å²) in [6, 6.07) is 18.2. The smallest absolute Gasteiger partial charge is 0.147 e. The molecule has 0 spiro atoms. The van der Waals surface area contributed by atoms with Crippen molar-refractivity contribution in [1.82, 2.24) is 16.1 Å². The van der Waals surface area contributed by atoms with E-state index in [9.17, 15) is 0 Å². The molecule has 4 aromatic rings. The molecule has 2 aromatic carbocycles. The molecule has 4 rings (SSSR count). The minimum atomic E-state index is 0. The van der Waals surface area contributed by atoms with Crippen molar-refractivity contribution < 1.29 is 15.0 Å². The van der Waals surface area contributed by atoms with Crippen LogP contribution in [0.2, 0.25) is 5.02 Å². The first-order valence-corrected chi connectivity index (χ1v) is 10.2. The zero-order valence-electron chi connectivity index (χ0n) is 15.0. The maximum Gasteiger partial charge on any atom is -0.147 e. The van der Waals surface area contributed by atoms with Gasteiger partial charge in [-0.25, -0.2) is 0 Å². The molecule has 3 N–H and O–H groups in total. The Morgan fingerprint density at radius 1 is 0.964 bits per heavy atom. The molecule has 146 valence electrons. The normalized spacial score (nSPS) is 10.5. The van der Waals surface area contributed by atoms with E-state index in [1.807, 2.05) is 30.3 Å². The van der Waals surface area contributed by atoms with Gasteiger partial charge >= 0.3 is 172 Å². The van der Waals surface area contributed by atoms with Crippen molar-refractivity contribution in [3.8, 4) is 0 Å². The molecule has 0 aliphatic carbocycles. The SMILES string of the molecule is C=[C]([Fe][c]1c(C)cccc1Cl)c1ccc2ccc3ccc(Br)nc3c2n1.Cl.N. The molecular formula is C21H18BrCl2FeN3. The van der Waals surface area contributed by atoms with Crippen molar-refractivity contribution in [2.24, 2.45) is 0 Å². The molecule has 7 heteroatoms. The molecule has 0 aliphatic rings. The third-order valence-corrected chi connectivity index (χ3v) is 6.61. The fraction of sp³-hybridized carbons (Fsp3) is 0.0476. The van der Waals surface area contributed by atoms with Crippen molar-refractivity contribution >= 4 is 70.7 Å². The number of aryl methyl sites for hydroxylation is 1. The quantitative estimate of drug-likeness (QED) is 0.192. The van der Waals surface area contributed by atoms with Crippen LogP contribution in [0, 0.1) is 6.92 Å². The number of nitrogens with zero attached hydrogens (tertiary/aromatic N) is 2. The Morgan fingerprint density at radius 2 is 1.57 bits per heavy atom. The van der Waals surface area contributed by atoms with Crippen LogP contribution in [0.5, 0.6) is 0 Å². The third kappa shape index (κ3) is 4.41. The maximum absolute atomic E-state index is 6.37. The number of hydrogen-bond donors (Lipinski definition) is 1. The summed E-state index contributed by atoms with van der Waals surface area (Å²) in [5, 5.41) is 2.90. The van der Waals surface area contributed by atoms with E-state index in [-0.39, 0.29) is 18.6 Å². The summed E-state index contributed by atoms with van der Waals surface area (Å²) >= 11 is 10.5. The van der Waals surface area contributed by atoms with Crippen LogP contribution in [0.3, 0.4) is 0 Å². The number of hydrogen-bond acceptors (Lipinski definition) is 3. The Bertz CT molecular complexity index is 1160. The van der Waals surface area contributed by atoms with Crippen molar-refractivity contribution in [1.29, 1.82) is 0 Å². The van der Waals surface area contributed by atoms with Gasteiger partial charge in [-0.05, 0) is 0 Å². The van der Waals surface area contributed by atoms with Crippen molar-refractivity contribution in [3.05, 3.63) is 82.1 Å². The number of benzene rings is 2. The first kappa shape index (κ1) is 22.8. The third-order valence-electron chi connectivity index (χ3n) is 4.08. The van der Waals surface area contributed by atoms with E-state index in [1.54, 1.807) is 0 Å². The molecule has 0 saturated heterocycles. The Morgan fingerprint density at radius 3 is 2.25 bits per heavy atom. The number of aromatic nitrogens is 2. The van der Waals surface area contributed by atoms with Crippen molar-refractivity contribution in [2.45, 2.75) is 6.92 Å². The minimum absolute atomic E-state index is 0. The number of rotatable bonds is 3. The van der Waals surface area contributed by atoms with Gasteiger partial charge in [0.05, 0.1) is 0 Å². The summed E-state index contributed by atoms with van der Waals surface area (Å²) in [6.45, 7) is 6.32. The standard InChI is InChI=1S/C14H8BrN2.C7H6Cl.ClH.Fe.H3N/c1-2-11-7-5-9-3-4-10-6-8-12(15)17-14(10)13(9)16-11;1-6-3-2-4-7(8)5-6;;;/h3-8H,1H2;2-4H,1H3;1H;;1H3. The van der Waals surface area contributed by atoms with Gasteiger partial charge < -0.3 is 6.15 Å². The summed E-state index contributed by atoms with van der Waals surface area (Å²) in [5.74, 6) is 0. The van der Waals surface area contributed by atoms with Gasteiger partial charge in [-0.1, -0.05) is 0 Å². The van der Waals surface area contributed by atoms with Gasteiger partial charge in [0.1, 0.15) is 0 Å². The molecule has 0 fully saturated rings. The van der Waals surface area contributed by atoms with E-state index in [4.69, 9.17) is 16.6 Å². The molecular weight excluding hydrogens is 501 g/mol. The van der Waals surface area contributed by atoms with Gasteiger partial charge in [0, 0.05) is 0 Å². The second-order valence-corrected chi connectivity index (χ2v) is 8.59. The maximum atomic E-state index is 6.37. The van der Waals surface area contributed by atoms with E-state index in [2.05, 4.69) is 58.7 Å². The zero-order chi connectivity index (χ0) is 18.3. The average molecular weight is 519 g/mol. The summed E-state index contributed by atoms with van der Waals surface area (Å²) < 4.78 is 2.84. The Kier molecular flexibility index (Phi) is 7.63. The molecule has 3 nitrogen and oxygen atoms in total. The van der Waals surface area contributed by atoms with Crippen molar-refractivity contribution in [3.63, 3.8) is 0 Å². The molecule has 0 saturated carbocycles. The van der Waals surface area contributed by atoms with Crippen LogP contribution in [0.25, 0.3) is 26.3 Å². The van der Waals surface area contributed by atoms with Crippen LogP contribution in [-0.2, 0) is 15.0 Å². The van der Waals surface area contributed by atoms with Gasteiger partial charge in [0.25, 0.3) is 0 Å². The predicted molar refractivity (Wildman–Crippen MR) is 122 cm³/mol. The fourth-order valence-corrected chi connectivity index (χ4v) is 4.59. The second kappa shape index (κ2) is 9.36. The van der Waals surface area contributed by atoms with Gasteiger partial charge in [-0.15, -0.1) is 12.4 Å². The van der Waals surface area contributed by atoms with E-state index >= 15 is 0 Å². The molecule has 2 heterocycles. The average Bonchev–Trinajstić information content (AvgIpc) is 2.64. The van der Waals surface area contributed by atoms with Gasteiger partial charge in [-0.3, -0.25) is 0 Å². The van der Waals surface area contributed by atoms with Crippen molar-refractivity contribution in [2.75, 3.05) is 0 Å². The summed E-state index contributed by atoms with van der Waals surface area (Å²) in [5.41, 5.74) is 3.81. The number of pyridine rings is 2. The predicted octanol–water partition coefficient (Wildman–Crippen LogP) is 6.47. The molecule has 0 atom stereocenters.